The van der Waals surface area contributed by atoms with Gasteiger partial charge in [0.1, 0.15) is 0 Å². The molecule has 0 bridgehead atoms. The Morgan fingerprint density at radius 2 is 1.90 bits per heavy atom. The van der Waals surface area contributed by atoms with Crippen molar-refractivity contribution in [1.82, 2.24) is 9.78 Å². The summed E-state index contributed by atoms with van der Waals surface area (Å²) >= 11 is 0. The maximum Gasteiger partial charge on any atom is 0.494 e. The lowest BCUT2D eigenvalue weighted by atomic mass is 9.71. The molecule has 1 aliphatic heterocycles. The van der Waals surface area contributed by atoms with Gasteiger partial charge in [0.05, 0.1) is 5.52 Å². The molecule has 1 aromatic carbocycles. The van der Waals surface area contributed by atoms with Crippen LogP contribution < -0.4 is 5.46 Å². The molecule has 1 aromatic heterocycles. The molecular formula is C16H23BN2O2. The Bertz CT molecular complexity index is 654. The second-order valence-corrected chi connectivity index (χ2v) is 7.12. The molecule has 0 spiro atoms. The van der Waals surface area contributed by atoms with Crippen molar-refractivity contribution < 1.29 is 9.31 Å². The van der Waals surface area contributed by atoms with Gasteiger partial charge in [-0.25, -0.2) is 0 Å². The van der Waals surface area contributed by atoms with Gasteiger partial charge in [0, 0.05) is 37.3 Å². The molecule has 0 unspecified atom stereocenters. The van der Waals surface area contributed by atoms with E-state index in [0.29, 0.717) is 5.92 Å². The normalized spacial score (nSPS) is 18.7. The molecule has 2 aromatic rings. The lowest BCUT2D eigenvalue weighted by Gasteiger charge is -2.34. The number of benzene rings is 1. The van der Waals surface area contributed by atoms with Gasteiger partial charge in [0.2, 0.25) is 0 Å². The van der Waals surface area contributed by atoms with E-state index >= 15 is 0 Å². The minimum atomic E-state index is -0.264. The number of aryl methyl sites for hydroxylation is 1. The molecule has 5 heteroatoms. The Balaban J connectivity index is 2.01. The quantitative estimate of drug-likeness (QED) is 0.796. The first-order valence-electron chi connectivity index (χ1n) is 7.56. The fourth-order valence-electron chi connectivity index (χ4n) is 2.80. The molecule has 0 amide bonds. The van der Waals surface area contributed by atoms with Crippen LogP contribution in [0.5, 0.6) is 0 Å². The molecular weight excluding hydrogens is 263 g/mol. The molecule has 0 radical (unpaired) electrons. The molecule has 2 heterocycles. The van der Waals surface area contributed by atoms with Gasteiger partial charge in [-0.1, -0.05) is 33.8 Å². The number of aromatic nitrogens is 2. The van der Waals surface area contributed by atoms with Crippen LogP contribution in [0.15, 0.2) is 18.3 Å². The number of hydrogen-bond donors (Lipinski definition) is 0. The highest BCUT2D eigenvalue weighted by molar-refractivity contribution is 6.62. The van der Waals surface area contributed by atoms with Gasteiger partial charge in [0.15, 0.2) is 0 Å². The summed E-state index contributed by atoms with van der Waals surface area (Å²) in [4.78, 5) is 0. The fourth-order valence-corrected chi connectivity index (χ4v) is 2.80. The number of fused-ring (bicyclic) bond motifs is 1. The van der Waals surface area contributed by atoms with Crippen LogP contribution in [-0.4, -0.2) is 30.1 Å². The first-order valence-corrected chi connectivity index (χ1v) is 7.56. The average Bonchev–Trinajstić information content (AvgIpc) is 2.76. The van der Waals surface area contributed by atoms with Crippen molar-refractivity contribution in [1.29, 1.82) is 0 Å². The predicted molar refractivity (Wildman–Crippen MR) is 85.9 cm³/mol. The van der Waals surface area contributed by atoms with E-state index in [9.17, 15) is 0 Å². The van der Waals surface area contributed by atoms with Crippen molar-refractivity contribution in [3.8, 4) is 0 Å². The van der Waals surface area contributed by atoms with Crippen LogP contribution in [0.3, 0.4) is 0 Å². The summed E-state index contributed by atoms with van der Waals surface area (Å²) in [6.45, 7) is 10.2. The molecule has 1 aliphatic rings. The lowest BCUT2D eigenvalue weighted by Crippen LogP contribution is -2.48. The fraction of sp³-hybridized carbons (Fsp3) is 0.562. The molecule has 0 atom stereocenters. The third kappa shape index (κ3) is 2.85. The van der Waals surface area contributed by atoms with Crippen LogP contribution in [-0.2, 0) is 16.4 Å². The SMILES string of the molecule is CC(C)c1cc2nn(C)cc2cc1B1OCC(C)(C)CO1. The Kier molecular flexibility index (Phi) is 3.58. The Labute approximate surface area is 126 Å². The summed E-state index contributed by atoms with van der Waals surface area (Å²) in [7, 11) is 1.69. The largest absolute Gasteiger partial charge is 0.494 e. The van der Waals surface area contributed by atoms with E-state index in [2.05, 4.69) is 44.9 Å². The molecule has 3 rings (SSSR count). The van der Waals surface area contributed by atoms with E-state index in [-0.39, 0.29) is 12.5 Å². The van der Waals surface area contributed by atoms with E-state index in [4.69, 9.17) is 9.31 Å². The summed E-state index contributed by atoms with van der Waals surface area (Å²) < 4.78 is 13.8. The van der Waals surface area contributed by atoms with Gasteiger partial charge in [-0.2, -0.15) is 5.10 Å². The Morgan fingerprint density at radius 1 is 1.24 bits per heavy atom. The summed E-state index contributed by atoms with van der Waals surface area (Å²) in [5.41, 5.74) is 3.51. The summed E-state index contributed by atoms with van der Waals surface area (Å²) in [6, 6.07) is 4.34. The van der Waals surface area contributed by atoms with Crippen LogP contribution in [0.4, 0.5) is 0 Å². The van der Waals surface area contributed by atoms with Gasteiger partial charge >= 0.3 is 7.12 Å². The van der Waals surface area contributed by atoms with Crippen LogP contribution >= 0.6 is 0 Å². The minimum absolute atomic E-state index is 0.0902. The Morgan fingerprint density at radius 3 is 2.52 bits per heavy atom. The van der Waals surface area contributed by atoms with Crippen molar-refractivity contribution in [3.63, 3.8) is 0 Å². The number of hydrogen-bond acceptors (Lipinski definition) is 3. The standard InChI is InChI=1S/C16H23BN2O2/c1-11(2)13-7-15-12(8-19(5)18-15)6-14(13)17-20-9-16(3,4)10-21-17/h6-8,11H,9-10H2,1-5H3. The Hall–Kier alpha value is -1.33. The third-order valence-electron chi connectivity index (χ3n) is 3.95. The molecule has 1 fully saturated rings. The zero-order valence-corrected chi connectivity index (χ0v) is 13.5. The van der Waals surface area contributed by atoms with Gasteiger partial charge < -0.3 is 9.31 Å². The third-order valence-corrected chi connectivity index (χ3v) is 3.95. The summed E-state index contributed by atoms with van der Waals surface area (Å²) in [5, 5.41) is 5.63. The van der Waals surface area contributed by atoms with Crippen molar-refractivity contribution in [2.45, 2.75) is 33.6 Å². The monoisotopic (exact) mass is 286 g/mol. The molecule has 1 saturated heterocycles. The summed E-state index contributed by atoms with van der Waals surface area (Å²) in [6.07, 6.45) is 2.04. The van der Waals surface area contributed by atoms with Gasteiger partial charge in [0.25, 0.3) is 0 Å². The van der Waals surface area contributed by atoms with E-state index in [1.807, 2.05) is 17.9 Å². The van der Waals surface area contributed by atoms with Crippen molar-refractivity contribution in [3.05, 3.63) is 23.9 Å². The van der Waals surface area contributed by atoms with Gasteiger partial charge in [-0.05, 0) is 23.0 Å². The van der Waals surface area contributed by atoms with Crippen molar-refractivity contribution >= 4 is 23.5 Å². The maximum absolute atomic E-state index is 5.98. The van der Waals surface area contributed by atoms with E-state index in [0.717, 1.165) is 29.6 Å². The topological polar surface area (TPSA) is 36.3 Å². The minimum Gasteiger partial charge on any atom is -0.407 e. The highest BCUT2D eigenvalue weighted by Crippen LogP contribution is 2.25. The molecule has 112 valence electrons. The van der Waals surface area contributed by atoms with Gasteiger partial charge in [-0.3, -0.25) is 4.68 Å². The zero-order chi connectivity index (χ0) is 15.2. The van der Waals surface area contributed by atoms with Gasteiger partial charge in [-0.15, -0.1) is 0 Å². The highest BCUT2D eigenvalue weighted by Gasteiger charge is 2.35. The molecule has 0 N–H and O–H groups in total. The van der Waals surface area contributed by atoms with Crippen molar-refractivity contribution in [2.24, 2.45) is 12.5 Å². The number of nitrogens with zero attached hydrogens (tertiary/aromatic N) is 2. The van der Waals surface area contributed by atoms with Crippen LogP contribution in [0, 0.1) is 5.41 Å². The van der Waals surface area contributed by atoms with E-state index < -0.39 is 0 Å². The second-order valence-electron chi connectivity index (χ2n) is 7.12. The zero-order valence-electron chi connectivity index (χ0n) is 13.5. The second kappa shape index (κ2) is 5.14. The molecule has 0 saturated carbocycles. The maximum atomic E-state index is 5.98. The first kappa shape index (κ1) is 14.6. The lowest BCUT2D eigenvalue weighted by molar-refractivity contribution is 0.0342. The van der Waals surface area contributed by atoms with Crippen LogP contribution in [0.1, 0.15) is 39.2 Å². The first-order chi connectivity index (χ1) is 9.85. The van der Waals surface area contributed by atoms with E-state index in [1.165, 1.54) is 5.56 Å². The van der Waals surface area contributed by atoms with Crippen molar-refractivity contribution in [2.75, 3.05) is 13.2 Å². The van der Waals surface area contributed by atoms with Crippen LogP contribution in [0.25, 0.3) is 10.9 Å². The smallest absolute Gasteiger partial charge is 0.407 e. The summed E-state index contributed by atoms with van der Waals surface area (Å²) in [5.74, 6) is 0.411. The molecule has 0 aliphatic carbocycles. The molecule has 4 nitrogen and oxygen atoms in total. The van der Waals surface area contributed by atoms with E-state index in [1.54, 1.807) is 0 Å². The predicted octanol–water partition coefficient (Wildman–Crippen LogP) is 2.46. The molecule has 21 heavy (non-hydrogen) atoms. The highest BCUT2D eigenvalue weighted by atomic mass is 16.6. The average molecular weight is 286 g/mol. The number of rotatable bonds is 2. The van der Waals surface area contributed by atoms with Crippen LogP contribution in [0.2, 0.25) is 0 Å².